The van der Waals surface area contributed by atoms with E-state index in [1.54, 1.807) is 0 Å². The third kappa shape index (κ3) is 1.60. The Morgan fingerprint density at radius 3 is 3.08 bits per heavy atom. The van der Waals surface area contributed by atoms with E-state index in [1.807, 2.05) is 24.5 Å². The van der Waals surface area contributed by atoms with Gasteiger partial charge in [0, 0.05) is 10.9 Å². The van der Waals surface area contributed by atoms with Crippen molar-refractivity contribution in [3.05, 3.63) is 23.8 Å². The third-order valence-corrected chi connectivity index (χ3v) is 2.92. The third-order valence-electron chi connectivity index (χ3n) is 1.80. The number of nitrogens with zero attached hydrogens (tertiary/aromatic N) is 1. The van der Waals surface area contributed by atoms with Crippen molar-refractivity contribution in [2.45, 2.75) is 10.6 Å². The molecule has 0 saturated heterocycles. The average molecular weight is 258 g/mol. The van der Waals surface area contributed by atoms with Crippen molar-refractivity contribution in [1.82, 2.24) is 4.98 Å². The average Bonchev–Trinajstić information content (AvgIpc) is 2.59. The van der Waals surface area contributed by atoms with Crippen LogP contribution in [0.5, 0.6) is 0 Å². The molecule has 68 valence electrons. The molecule has 2 aromatic rings. The van der Waals surface area contributed by atoms with E-state index in [-0.39, 0.29) is 0 Å². The first-order chi connectivity index (χ1) is 6.35. The van der Waals surface area contributed by atoms with Gasteiger partial charge in [0.25, 0.3) is 5.22 Å². The lowest BCUT2D eigenvalue weighted by atomic mass is 10.2. The highest BCUT2D eigenvalue weighted by molar-refractivity contribution is 9.08. The van der Waals surface area contributed by atoms with Crippen LogP contribution in [0.3, 0.4) is 0 Å². The molecule has 0 amide bonds. The number of fused-ring (bicyclic) bond motifs is 1. The summed E-state index contributed by atoms with van der Waals surface area (Å²) in [5.41, 5.74) is 2.97. The summed E-state index contributed by atoms with van der Waals surface area (Å²) in [5.74, 6) is 0. The summed E-state index contributed by atoms with van der Waals surface area (Å²) in [6, 6.07) is 5.99. The van der Waals surface area contributed by atoms with E-state index in [0.717, 1.165) is 27.2 Å². The maximum absolute atomic E-state index is 5.56. The lowest BCUT2D eigenvalue weighted by Gasteiger charge is -1.93. The van der Waals surface area contributed by atoms with Crippen molar-refractivity contribution in [3.8, 4) is 0 Å². The van der Waals surface area contributed by atoms with Gasteiger partial charge in [0.05, 0.1) is 0 Å². The van der Waals surface area contributed by atoms with Gasteiger partial charge in [-0.25, -0.2) is 4.98 Å². The van der Waals surface area contributed by atoms with E-state index in [4.69, 9.17) is 4.42 Å². The van der Waals surface area contributed by atoms with Crippen molar-refractivity contribution >= 4 is 38.8 Å². The van der Waals surface area contributed by atoms with Crippen molar-refractivity contribution < 1.29 is 4.42 Å². The van der Waals surface area contributed by atoms with Crippen molar-refractivity contribution in [3.63, 3.8) is 0 Å². The van der Waals surface area contributed by atoms with Crippen LogP contribution in [0.2, 0.25) is 0 Å². The maximum atomic E-state index is 5.56. The molecule has 1 heterocycles. The van der Waals surface area contributed by atoms with Crippen LogP contribution >= 0.6 is 27.7 Å². The fourth-order valence-corrected chi connectivity index (χ4v) is 1.98. The van der Waals surface area contributed by atoms with E-state index in [1.165, 1.54) is 11.8 Å². The molecule has 0 unspecified atom stereocenters. The first-order valence-corrected chi connectivity index (χ1v) is 6.18. The number of rotatable bonds is 2. The van der Waals surface area contributed by atoms with Gasteiger partial charge in [-0.1, -0.05) is 39.8 Å². The molecule has 0 N–H and O–H groups in total. The smallest absolute Gasteiger partial charge is 0.256 e. The van der Waals surface area contributed by atoms with Gasteiger partial charge in [0.1, 0.15) is 5.52 Å². The molecule has 2 nitrogen and oxygen atoms in total. The summed E-state index contributed by atoms with van der Waals surface area (Å²) in [4.78, 5) is 4.32. The second-order valence-corrected chi connectivity index (χ2v) is 3.90. The fourth-order valence-electron chi connectivity index (χ4n) is 1.18. The molecule has 0 aliphatic carbocycles. The zero-order chi connectivity index (χ0) is 9.26. The van der Waals surface area contributed by atoms with Crippen LogP contribution in [-0.4, -0.2) is 11.2 Å². The van der Waals surface area contributed by atoms with Gasteiger partial charge >= 0.3 is 0 Å². The predicted octanol–water partition coefficient (Wildman–Crippen LogP) is 3.44. The largest absolute Gasteiger partial charge is 0.431 e. The molecule has 0 fully saturated rings. The van der Waals surface area contributed by atoms with E-state index in [0.29, 0.717) is 0 Å². The molecule has 2 rings (SSSR count). The normalized spacial score (nSPS) is 10.9. The Hall–Kier alpha value is -0.480. The molecule has 1 aromatic heterocycles. The number of para-hydroxylation sites is 1. The number of alkyl halides is 1. The van der Waals surface area contributed by atoms with E-state index in [9.17, 15) is 0 Å². The summed E-state index contributed by atoms with van der Waals surface area (Å²) < 4.78 is 5.56. The Labute approximate surface area is 88.8 Å². The summed E-state index contributed by atoms with van der Waals surface area (Å²) in [7, 11) is 0. The van der Waals surface area contributed by atoms with Crippen LogP contribution in [-0.2, 0) is 5.33 Å². The minimum absolute atomic E-state index is 0.725. The number of aromatic nitrogens is 1. The van der Waals surface area contributed by atoms with Crippen LogP contribution in [0.4, 0.5) is 0 Å². The molecule has 0 bridgehead atoms. The monoisotopic (exact) mass is 257 g/mol. The van der Waals surface area contributed by atoms with Crippen LogP contribution in [0.25, 0.3) is 11.1 Å². The fraction of sp³-hybridized carbons (Fsp3) is 0.222. The molecular formula is C9H8BrNOS. The second-order valence-electron chi connectivity index (χ2n) is 2.58. The zero-order valence-corrected chi connectivity index (χ0v) is 9.48. The first-order valence-electron chi connectivity index (χ1n) is 3.83. The quantitative estimate of drug-likeness (QED) is 0.609. The van der Waals surface area contributed by atoms with E-state index in [2.05, 4.69) is 20.9 Å². The van der Waals surface area contributed by atoms with E-state index >= 15 is 0 Å². The summed E-state index contributed by atoms with van der Waals surface area (Å²) in [6.07, 6.45) is 1.96. The van der Waals surface area contributed by atoms with Gasteiger partial charge in [-0.3, -0.25) is 0 Å². The molecule has 4 heteroatoms. The Morgan fingerprint density at radius 1 is 1.54 bits per heavy atom. The van der Waals surface area contributed by atoms with Crippen molar-refractivity contribution in [1.29, 1.82) is 0 Å². The van der Waals surface area contributed by atoms with Gasteiger partial charge in [0.2, 0.25) is 0 Å². The van der Waals surface area contributed by atoms with Crippen LogP contribution in [0, 0.1) is 0 Å². The topological polar surface area (TPSA) is 26.0 Å². The molecule has 0 aliphatic rings. The van der Waals surface area contributed by atoms with Crippen LogP contribution < -0.4 is 0 Å². The minimum atomic E-state index is 0.725. The molecule has 0 aliphatic heterocycles. The molecule has 13 heavy (non-hydrogen) atoms. The first kappa shape index (κ1) is 9.09. The van der Waals surface area contributed by atoms with Crippen molar-refractivity contribution in [2.75, 3.05) is 6.26 Å². The number of hydrogen-bond donors (Lipinski definition) is 0. The Morgan fingerprint density at radius 2 is 2.38 bits per heavy atom. The Balaban J connectivity index is 2.67. The molecule has 0 saturated carbocycles. The van der Waals surface area contributed by atoms with Gasteiger partial charge in [-0.05, 0) is 12.3 Å². The number of oxazole rings is 1. The number of benzene rings is 1. The van der Waals surface area contributed by atoms with Gasteiger partial charge in [-0.2, -0.15) is 0 Å². The summed E-state index contributed by atoms with van der Waals surface area (Å²) in [6.45, 7) is 0. The lowest BCUT2D eigenvalue weighted by molar-refractivity contribution is 0.488. The second kappa shape index (κ2) is 3.72. The highest BCUT2D eigenvalue weighted by Gasteiger charge is 2.07. The summed E-state index contributed by atoms with van der Waals surface area (Å²) in [5, 5.41) is 1.52. The standard InChI is InChI=1S/C9H8BrNOS/c1-13-9-11-7-4-2-3-6(5-10)8(7)12-9/h2-4H,5H2,1H3. The van der Waals surface area contributed by atoms with Gasteiger partial charge < -0.3 is 4.42 Å². The predicted molar refractivity (Wildman–Crippen MR) is 58.4 cm³/mol. The molecule has 0 radical (unpaired) electrons. The number of hydrogen-bond acceptors (Lipinski definition) is 3. The van der Waals surface area contributed by atoms with Gasteiger partial charge in [-0.15, -0.1) is 0 Å². The Bertz CT molecular complexity index is 426. The highest BCUT2D eigenvalue weighted by Crippen LogP contribution is 2.25. The Kier molecular flexibility index (Phi) is 2.60. The van der Waals surface area contributed by atoms with E-state index < -0.39 is 0 Å². The SMILES string of the molecule is CSc1nc2cccc(CBr)c2o1. The van der Waals surface area contributed by atoms with Gasteiger partial charge in [0.15, 0.2) is 5.58 Å². The molecule has 0 atom stereocenters. The highest BCUT2D eigenvalue weighted by atomic mass is 79.9. The van der Waals surface area contributed by atoms with Crippen LogP contribution in [0.1, 0.15) is 5.56 Å². The number of halogens is 1. The number of thioether (sulfide) groups is 1. The minimum Gasteiger partial charge on any atom is -0.431 e. The summed E-state index contributed by atoms with van der Waals surface area (Å²) >= 11 is 4.94. The lowest BCUT2D eigenvalue weighted by Crippen LogP contribution is -1.76. The van der Waals surface area contributed by atoms with Crippen LogP contribution in [0.15, 0.2) is 27.8 Å². The molecule has 0 spiro atoms. The molecule has 1 aromatic carbocycles. The van der Waals surface area contributed by atoms with Crippen molar-refractivity contribution in [2.24, 2.45) is 0 Å². The zero-order valence-electron chi connectivity index (χ0n) is 7.08. The molecular weight excluding hydrogens is 250 g/mol. The maximum Gasteiger partial charge on any atom is 0.256 e.